The van der Waals surface area contributed by atoms with Crippen molar-refractivity contribution in [3.05, 3.63) is 20.8 Å². The lowest BCUT2D eigenvalue weighted by atomic mass is 10.1. The maximum atomic E-state index is 11.6. The van der Waals surface area contributed by atoms with Gasteiger partial charge in [0.25, 0.3) is 0 Å². The number of carbonyl (C=O) groups is 2. The quantitative estimate of drug-likeness (QED) is 0.738. The van der Waals surface area contributed by atoms with Crippen LogP contribution in [0.25, 0.3) is 0 Å². The van der Waals surface area contributed by atoms with E-state index in [-0.39, 0.29) is 5.92 Å². The van der Waals surface area contributed by atoms with Crippen LogP contribution in [0.5, 0.6) is 0 Å². The first-order valence-corrected chi connectivity index (χ1v) is 7.52. The predicted molar refractivity (Wildman–Crippen MR) is 78.5 cm³/mol. The summed E-state index contributed by atoms with van der Waals surface area (Å²) in [5.41, 5.74) is 0. The second-order valence-corrected chi connectivity index (χ2v) is 6.96. The van der Waals surface area contributed by atoms with E-state index in [9.17, 15) is 9.59 Å². The van der Waals surface area contributed by atoms with Crippen LogP contribution in [0, 0.1) is 5.92 Å². The molecule has 0 saturated carbocycles. The summed E-state index contributed by atoms with van der Waals surface area (Å²) in [6.07, 6.45) is 0.725. The first-order chi connectivity index (χ1) is 8.90. The van der Waals surface area contributed by atoms with Gasteiger partial charge in [0.2, 0.25) is 0 Å². The van der Waals surface area contributed by atoms with E-state index < -0.39 is 18.0 Å². The molecule has 0 spiro atoms. The van der Waals surface area contributed by atoms with Crippen molar-refractivity contribution in [2.75, 3.05) is 6.54 Å². The number of aliphatic carboxylic acids is 1. The largest absolute Gasteiger partial charge is 0.480 e. The summed E-state index contributed by atoms with van der Waals surface area (Å²) in [4.78, 5) is 23.7. The van der Waals surface area contributed by atoms with Gasteiger partial charge in [-0.1, -0.05) is 13.8 Å². The average molecular weight is 349 g/mol. The Bertz CT molecular complexity index is 448. The van der Waals surface area contributed by atoms with Crippen molar-refractivity contribution in [2.45, 2.75) is 26.3 Å². The molecule has 1 aromatic heterocycles. The number of hydrogen-bond acceptors (Lipinski definition) is 3. The van der Waals surface area contributed by atoms with Gasteiger partial charge in [0, 0.05) is 11.4 Å². The van der Waals surface area contributed by atoms with Crippen molar-refractivity contribution < 1.29 is 14.7 Å². The molecule has 1 rings (SSSR count). The molecule has 5 nitrogen and oxygen atoms in total. The number of nitrogens with one attached hydrogen (secondary N) is 2. The summed E-state index contributed by atoms with van der Waals surface area (Å²) in [6.45, 7) is 3.98. The minimum Gasteiger partial charge on any atom is -0.480 e. The van der Waals surface area contributed by atoms with Gasteiger partial charge < -0.3 is 15.7 Å². The van der Waals surface area contributed by atoms with Gasteiger partial charge in [-0.2, -0.15) is 0 Å². The van der Waals surface area contributed by atoms with Crippen LogP contribution < -0.4 is 10.6 Å². The molecule has 0 unspecified atom stereocenters. The molecule has 1 heterocycles. The number of carboxylic acid groups (broad SMARTS) is 1. The third kappa shape index (κ3) is 5.61. The number of amides is 2. The Labute approximate surface area is 124 Å². The highest BCUT2D eigenvalue weighted by molar-refractivity contribution is 9.11. The molecule has 0 bridgehead atoms. The van der Waals surface area contributed by atoms with E-state index in [1.807, 2.05) is 12.1 Å². The van der Waals surface area contributed by atoms with E-state index in [1.54, 1.807) is 25.2 Å². The third-order valence-corrected chi connectivity index (χ3v) is 4.19. The van der Waals surface area contributed by atoms with Crippen LogP contribution in [-0.2, 0) is 11.2 Å². The highest BCUT2D eigenvalue weighted by Gasteiger charge is 2.22. The summed E-state index contributed by atoms with van der Waals surface area (Å²) >= 11 is 4.99. The maximum Gasteiger partial charge on any atom is 0.326 e. The number of urea groups is 1. The molecule has 1 aromatic rings. The molecule has 7 heteroatoms. The molecule has 0 fully saturated rings. The van der Waals surface area contributed by atoms with Gasteiger partial charge in [-0.15, -0.1) is 11.3 Å². The van der Waals surface area contributed by atoms with E-state index in [4.69, 9.17) is 5.11 Å². The molecule has 0 radical (unpaired) electrons. The fourth-order valence-electron chi connectivity index (χ4n) is 1.49. The Kier molecular flexibility index (Phi) is 6.30. The van der Waals surface area contributed by atoms with Crippen molar-refractivity contribution >= 4 is 39.3 Å². The van der Waals surface area contributed by atoms with Gasteiger partial charge in [-0.3, -0.25) is 0 Å². The van der Waals surface area contributed by atoms with Gasteiger partial charge >= 0.3 is 12.0 Å². The van der Waals surface area contributed by atoms with Crippen molar-refractivity contribution in [3.63, 3.8) is 0 Å². The van der Waals surface area contributed by atoms with Crippen LogP contribution >= 0.6 is 27.3 Å². The van der Waals surface area contributed by atoms with Crippen LogP contribution in [0.2, 0.25) is 0 Å². The summed E-state index contributed by atoms with van der Waals surface area (Å²) in [7, 11) is 0. The third-order valence-electron chi connectivity index (χ3n) is 2.51. The van der Waals surface area contributed by atoms with E-state index in [0.717, 1.165) is 15.1 Å². The van der Waals surface area contributed by atoms with E-state index in [2.05, 4.69) is 26.6 Å². The van der Waals surface area contributed by atoms with Crippen LogP contribution in [0.3, 0.4) is 0 Å². The van der Waals surface area contributed by atoms with Crippen LogP contribution in [0.1, 0.15) is 18.7 Å². The second kappa shape index (κ2) is 7.49. The first-order valence-electron chi connectivity index (χ1n) is 5.91. The lowest BCUT2D eigenvalue weighted by Gasteiger charge is -2.18. The van der Waals surface area contributed by atoms with Crippen LogP contribution in [0.15, 0.2) is 15.9 Å². The highest BCUT2D eigenvalue weighted by atomic mass is 79.9. The Balaban J connectivity index is 2.33. The van der Waals surface area contributed by atoms with Crippen LogP contribution in [0.4, 0.5) is 4.79 Å². The Morgan fingerprint density at radius 2 is 2.11 bits per heavy atom. The number of halogens is 1. The molecule has 0 saturated heterocycles. The zero-order chi connectivity index (χ0) is 14.4. The number of thiophene rings is 1. The summed E-state index contributed by atoms with van der Waals surface area (Å²) in [6, 6.07) is 2.63. The number of carbonyl (C=O) groups excluding carboxylic acids is 1. The molecule has 0 aliphatic carbocycles. The van der Waals surface area contributed by atoms with E-state index >= 15 is 0 Å². The Hall–Kier alpha value is -1.08. The summed E-state index contributed by atoms with van der Waals surface area (Å²) in [5, 5.41) is 14.1. The fourth-order valence-corrected chi connectivity index (χ4v) is 2.97. The topological polar surface area (TPSA) is 78.4 Å². The van der Waals surface area contributed by atoms with Crippen LogP contribution in [-0.4, -0.2) is 29.7 Å². The molecule has 19 heavy (non-hydrogen) atoms. The normalized spacial score (nSPS) is 12.2. The molecule has 1 atom stereocenters. The number of carboxylic acids is 1. The molecular weight excluding hydrogens is 332 g/mol. The first kappa shape index (κ1) is 16.0. The van der Waals surface area contributed by atoms with Gasteiger partial charge in [0.05, 0.1) is 3.79 Å². The standard InChI is InChI=1S/C12H17BrN2O3S/c1-7(2)10(11(16)17)15-12(18)14-6-5-8-3-4-9(13)19-8/h3-4,7,10H,5-6H2,1-2H3,(H,16,17)(H2,14,15,18)/t10-/m0/s1. The fraction of sp³-hybridized carbons (Fsp3) is 0.500. The maximum absolute atomic E-state index is 11.6. The SMILES string of the molecule is CC(C)[C@H](NC(=O)NCCc1ccc(Br)s1)C(=O)O. The zero-order valence-corrected chi connectivity index (χ0v) is 13.2. The zero-order valence-electron chi connectivity index (χ0n) is 10.8. The monoisotopic (exact) mass is 348 g/mol. The molecule has 0 aliphatic heterocycles. The number of hydrogen-bond donors (Lipinski definition) is 3. The van der Waals surface area contributed by atoms with Crippen molar-refractivity contribution in [1.29, 1.82) is 0 Å². The Morgan fingerprint density at radius 3 is 2.58 bits per heavy atom. The lowest BCUT2D eigenvalue weighted by molar-refractivity contribution is -0.140. The van der Waals surface area contributed by atoms with E-state index in [0.29, 0.717) is 6.54 Å². The minimum absolute atomic E-state index is 0.156. The van der Waals surface area contributed by atoms with Gasteiger partial charge in [-0.05, 0) is 40.4 Å². The van der Waals surface area contributed by atoms with E-state index in [1.165, 1.54) is 0 Å². The second-order valence-electron chi connectivity index (χ2n) is 4.42. The van der Waals surface area contributed by atoms with Crippen molar-refractivity contribution in [2.24, 2.45) is 5.92 Å². The van der Waals surface area contributed by atoms with Crippen molar-refractivity contribution in [3.8, 4) is 0 Å². The molecule has 0 aliphatic rings. The lowest BCUT2D eigenvalue weighted by Crippen LogP contribution is -2.48. The average Bonchev–Trinajstić information content (AvgIpc) is 2.71. The molecular formula is C12H17BrN2O3S. The summed E-state index contributed by atoms with van der Waals surface area (Å²) < 4.78 is 1.05. The predicted octanol–water partition coefficient (Wildman–Crippen LogP) is 2.46. The molecule has 0 aromatic carbocycles. The molecule has 3 N–H and O–H groups in total. The van der Waals surface area contributed by atoms with Gasteiger partial charge in [0.15, 0.2) is 0 Å². The minimum atomic E-state index is -1.02. The highest BCUT2D eigenvalue weighted by Crippen LogP contribution is 2.21. The smallest absolute Gasteiger partial charge is 0.326 e. The summed E-state index contributed by atoms with van der Waals surface area (Å²) in [5.74, 6) is -1.18. The molecule has 2 amide bonds. The number of rotatable bonds is 6. The van der Waals surface area contributed by atoms with Gasteiger partial charge in [-0.25, -0.2) is 9.59 Å². The molecule has 106 valence electrons. The van der Waals surface area contributed by atoms with Crippen molar-refractivity contribution in [1.82, 2.24) is 10.6 Å². The Morgan fingerprint density at radius 1 is 1.42 bits per heavy atom. The van der Waals surface area contributed by atoms with Gasteiger partial charge in [0.1, 0.15) is 6.04 Å².